The number of carbonyl (C=O) groups excluding carboxylic acids is 4. The van der Waals surface area contributed by atoms with Crippen molar-refractivity contribution < 1.29 is 42.7 Å². The Labute approximate surface area is 204 Å². The number of hydrogen-bond acceptors (Lipinski definition) is 8. The number of carboxylic acid groups (broad SMARTS) is 1. The van der Waals surface area contributed by atoms with E-state index in [1.165, 1.54) is 5.48 Å². The van der Waals surface area contributed by atoms with Gasteiger partial charge in [0.2, 0.25) is 21.8 Å². The summed E-state index contributed by atoms with van der Waals surface area (Å²) in [4.78, 5) is 62.2. The average Bonchev–Trinajstić information content (AvgIpc) is 3.08. The van der Waals surface area contributed by atoms with Crippen LogP contribution in [0.2, 0.25) is 0 Å². The molecule has 2 bridgehead atoms. The predicted octanol–water partition coefficient (Wildman–Crippen LogP) is 0.0921. The lowest BCUT2D eigenvalue weighted by Gasteiger charge is -2.44. The van der Waals surface area contributed by atoms with Crippen molar-refractivity contribution in [1.82, 2.24) is 15.1 Å². The van der Waals surface area contributed by atoms with Crippen LogP contribution >= 0.6 is 0 Å². The highest BCUT2D eigenvalue weighted by molar-refractivity contribution is 7.88. The van der Waals surface area contributed by atoms with Gasteiger partial charge in [0.15, 0.2) is 11.6 Å². The zero-order valence-corrected chi connectivity index (χ0v) is 21.5. The van der Waals surface area contributed by atoms with E-state index in [0.29, 0.717) is 6.42 Å². The van der Waals surface area contributed by atoms with Crippen LogP contribution in [0.5, 0.6) is 0 Å². The molecule has 0 aliphatic heterocycles. The molecular weight excluding hydrogens is 482 g/mol. The first-order valence-electron chi connectivity index (χ1n) is 11.5. The minimum absolute atomic E-state index is 0.0339. The van der Waals surface area contributed by atoms with E-state index in [9.17, 15) is 37.5 Å². The van der Waals surface area contributed by atoms with Gasteiger partial charge in [0.05, 0.1) is 30.8 Å². The minimum Gasteiger partial charge on any atom is -0.481 e. The third kappa shape index (κ3) is 5.56. The number of Topliss-reactive ketones (excluding diaryl/α,β-unsaturated/α-hetero) is 2. The Morgan fingerprint density at radius 3 is 2.17 bits per heavy atom. The van der Waals surface area contributed by atoms with Crippen molar-refractivity contribution in [3.63, 3.8) is 0 Å². The quantitative estimate of drug-likeness (QED) is 0.205. The van der Waals surface area contributed by atoms with Crippen molar-refractivity contribution in [2.24, 2.45) is 23.2 Å². The van der Waals surface area contributed by atoms with Gasteiger partial charge in [0.1, 0.15) is 0 Å². The summed E-state index contributed by atoms with van der Waals surface area (Å²) < 4.78 is 26.6. The molecule has 0 saturated heterocycles. The zero-order chi connectivity index (χ0) is 26.9. The first-order valence-corrected chi connectivity index (χ1v) is 13.3. The fraction of sp³-hybridized carbons (Fsp3) is 0.773. The lowest BCUT2D eigenvalue weighted by Crippen LogP contribution is -2.62. The van der Waals surface area contributed by atoms with Gasteiger partial charge in [-0.25, -0.2) is 13.9 Å². The molecule has 12 nitrogen and oxygen atoms in total. The van der Waals surface area contributed by atoms with Crippen molar-refractivity contribution in [1.29, 1.82) is 0 Å². The molecule has 35 heavy (non-hydrogen) atoms. The number of rotatable bonds is 12. The average molecular weight is 518 g/mol. The number of carboxylic acids is 1. The molecule has 2 saturated carbocycles. The monoisotopic (exact) mass is 517 g/mol. The van der Waals surface area contributed by atoms with E-state index in [4.69, 9.17) is 5.21 Å². The van der Waals surface area contributed by atoms with Gasteiger partial charge in [-0.05, 0) is 30.1 Å². The number of aliphatic carboxylic acids is 1. The molecule has 2 aliphatic carbocycles. The van der Waals surface area contributed by atoms with Gasteiger partial charge in [-0.1, -0.05) is 27.7 Å². The summed E-state index contributed by atoms with van der Waals surface area (Å²) in [5, 5.41) is 20.4. The summed E-state index contributed by atoms with van der Waals surface area (Å²) >= 11 is 0. The molecule has 0 aromatic rings. The van der Waals surface area contributed by atoms with Gasteiger partial charge in [0.25, 0.3) is 0 Å². The standard InChI is InChI=1S/C22H35N3O9S/c1-12(2)14(9-18(28)24-32)20(31)23-15(10-19(29)30)16(26)11-25(35(5,33)34)22-7-6-13(8-17(22)27)21(22,3)4/h12-15,32H,6-11H2,1-5H3,(H,23,31)(H,24,28)(H,29,30). The number of ketones is 2. The first kappa shape index (κ1) is 28.9. The fourth-order valence-electron chi connectivity index (χ4n) is 5.60. The molecule has 2 amide bonds. The Bertz CT molecular complexity index is 1010. The number of nitrogens with one attached hydrogen (secondary N) is 2. The highest BCUT2D eigenvalue weighted by Gasteiger charge is 2.68. The second-order valence-electron chi connectivity index (χ2n) is 10.4. The Hall–Kier alpha value is -2.38. The molecule has 0 aromatic heterocycles. The normalized spacial score (nSPS) is 24.9. The minimum atomic E-state index is -4.08. The topological polar surface area (TPSA) is 187 Å². The molecule has 0 radical (unpaired) electrons. The first-order chi connectivity index (χ1) is 16.0. The van der Waals surface area contributed by atoms with Crippen molar-refractivity contribution in [3.05, 3.63) is 0 Å². The molecule has 2 aliphatic rings. The van der Waals surface area contributed by atoms with Crippen LogP contribution in [0.3, 0.4) is 0 Å². The smallest absolute Gasteiger partial charge is 0.305 e. The van der Waals surface area contributed by atoms with Crippen LogP contribution in [0.4, 0.5) is 0 Å². The molecule has 2 rings (SSSR count). The fourth-order valence-corrected chi connectivity index (χ4v) is 6.96. The lowest BCUT2D eigenvalue weighted by molar-refractivity contribution is -0.142. The summed E-state index contributed by atoms with van der Waals surface area (Å²) in [6.07, 6.45) is 0.758. The molecule has 0 spiro atoms. The molecule has 4 N–H and O–H groups in total. The third-order valence-electron chi connectivity index (χ3n) is 7.72. The van der Waals surface area contributed by atoms with E-state index in [1.54, 1.807) is 27.7 Å². The highest BCUT2D eigenvalue weighted by Crippen LogP contribution is 2.61. The van der Waals surface area contributed by atoms with E-state index in [2.05, 4.69) is 5.32 Å². The van der Waals surface area contributed by atoms with Crippen molar-refractivity contribution >= 4 is 39.4 Å². The maximum absolute atomic E-state index is 13.3. The zero-order valence-electron chi connectivity index (χ0n) is 20.7. The Morgan fingerprint density at radius 2 is 1.77 bits per heavy atom. The highest BCUT2D eigenvalue weighted by atomic mass is 32.2. The Balaban J connectivity index is 2.36. The van der Waals surface area contributed by atoms with Crippen LogP contribution in [0.25, 0.3) is 0 Å². The van der Waals surface area contributed by atoms with Gasteiger partial charge in [-0.2, -0.15) is 4.31 Å². The van der Waals surface area contributed by atoms with Crippen molar-refractivity contribution in [2.75, 3.05) is 12.8 Å². The number of sulfonamides is 1. The molecule has 0 aromatic carbocycles. The molecule has 4 unspecified atom stereocenters. The van der Waals surface area contributed by atoms with E-state index >= 15 is 0 Å². The van der Waals surface area contributed by atoms with Crippen molar-refractivity contribution in [3.8, 4) is 0 Å². The molecular formula is C22H35N3O9S. The second-order valence-corrected chi connectivity index (χ2v) is 12.3. The second kappa shape index (κ2) is 10.3. The van der Waals surface area contributed by atoms with E-state index in [1.807, 2.05) is 0 Å². The molecule has 2 fully saturated rings. The molecule has 4 atom stereocenters. The Morgan fingerprint density at radius 1 is 1.17 bits per heavy atom. The van der Waals surface area contributed by atoms with Gasteiger partial charge in [-0.3, -0.25) is 29.2 Å². The molecule has 198 valence electrons. The lowest BCUT2D eigenvalue weighted by atomic mass is 9.75. The maximum atomic E-state index is 13.3. The molecule has 0 heterocycles. The summed E-state index contributed by atoms with van der Waals surface area (Å²) in [7, 11) is -4.08. The van der Waals surface area contributed by atoms with Crippen LogP contribution in [-0.4, -0.2) is 76.8 Å². The summed E-state index contributed by atoms with van der Waals surface area (Å²) in [6.45, 7) is 6.10. The largest absolute Gasteiger partial charge is 0.481 e. The summed E-state index contributed by atoms with van der Waals surface area (Å²) in [6, 6.07) is -1.59. The number of hydrogen-bond donors (Lipinski definition) is 4. The van der Waals surface area contributed by atoms with Gasteiger partial charge >= 0.3 is 5.97 Å². The summed E-state index contributed by atoms with van der Waals surface area (Å²) in [5.74, 6) is -5.59. The summed E-state index contributed by atoms with van der Waals surface area (Å²) in [5.41, 5.74) is -0.713. The number of amides is 2. The molecule has 13 heteroatoms. The van der Waals surface area contributed by atoms with Crippen LogP contribution in [-0.2, 0) is 34.0 Å². The number of hydroxylamine groups is 1. The van der Waals surface area contributed by atoms with Crippen LogP contribution in [0.1, 0.15) is 59.8 Å². The van der Waals surface area contributed by atoms with E-state index in [0.717, 1.165) is 10.6 Å². The van der Waals surface area contributed by atoms with Crippen LogP contribution in [0.15, 0.2) is 0 Å². The van der Waals surface area contributed by atoms with E-state index in [-0.39, 0.29) is 24.5 Å². The van der Waals surface area contributed by atoms with Gasteiger partial charge in [-0.15, -0.1) is 0 Å². The predicted molar refractivity (Wildman–Crippen MR) is 122 cm³/mol. The van der Waals surface area contributed by atoms with E-state index < -0.39 is 81.8 Å². The van der Waals surface area contributed by atoms with Crippen molar-refractivity contribution in [2.45, 2.75) is 71.4 Å². The maximum Gasteiger partial charge on any atom is 0.305 e. The number of carbonyl (C=O) groups is 5. The number of nitrogens with zero attached hydrogens (tertiary/aromatic N) is 1. The van der Waals surface area contributed by atoms with Gasteiger partial charge < -0.3 is 10.4 Å². The van der Waals surface area contributed by atoms with Crippen LogP contribution < -0.4 is 10.8 Å². The number of fused-ring (bicyclic) bond motifs is 2. The third-order valence-corrected chi connectivity index (χ3v) is 8.96. The Kier molecular flexibility index (Phi) is 8.50. The SMILES string of the molecule is CC(C)C(CC(=O)NO)C(=O)NC(CC(=O)O)C(=O)CN(C12CCC(CC1=O)C2(C)C)S(C)(=O)=O. The van der Waals surface area contributed by atoms with Gasteiger partial charge in [0, 0.05) is 18.8 Å². The van der Waals surface area contributed by atoms with Crippen LogP contribution in [0, 0.1) is 23.2 Å².